The highest BCUT2D eigenvalue weighted by Crippen LogP contribution is 2.22. The smallest absolute Gasteiger partial charge is 0.260 e. The van der Waals surface area contributed by atoms with E-state index in [1.54, 1.807) is 30.5 Å². The number of halogens is 1. The van der Waals surface area contributed by atoms with Crippen LogP contribution in [0.2, 0.25) is 0 Å². The second kappa shape index (κ2) is 10.2. The minimum atomic E-state index is -3.68. The van der Waals surface area contributed by atoms with E-state index >= 15 is 0 Å². The number of hydrogen-bond acceptors (Lipinski definition) is 5. The van der Waals surface area contributed by atoms with Crippen molar-refractivity contribution in [1.82, 2.24) is 9.99 Å². The molecule has 0 radical (unpaired) electrons. The number of aryl methyl sites for hydroxylation is 1. The van der Waals surface area contributed by atoms with Crippen molar-refractivity contribution in [3.63, 3.8) is 0 Å². The summed E-state index contributed by atoms with van der Waals surface area (Å²) < 4.78 is 33.6. The number of carbonyl (C=O) groups is 1. The molecule has 1 amide bonds. The Labute approximate surface area is 202 Å². The number of ether oxygens (including phenoxy) is 1. The topological polar surface area (TPSA) is 93.0 Å². The molecule has 0 aliphatic carbocycles. The molecule has 33 heavy (non-hydrogen) atoms. The van der Waals surface area contributed by atoms with Gasteiger partial charge in [0, 0.05) is 27.1 Å². The summed E-state index contributed by atoms with van der Waals surface area (Å²) in [6.07, 6.45) is 2.60. The zero-order valence-electron chi connectivity index (χ0n) is 18.7. The van der Waals surface area contributed by atoms with Crippen LogP contribution in [0.1, 0.15) is 17.0 Å². The first-order valence-corrected chi connectivity index (χ1v) is 12.6. The fraction of sp³-hybridized carbons (Fsp3) is 0.217. The van der Waals surface area contributed by atoms with Crippen molar-refractivity contribution in [1.29, 1.82) is 0 Å². The number of aromatic nitrogens is 1. The van der Waals surface area contributed by atoms with E-state index in [1.165, 1.54) is 7.11 Å². The number of amides is 1. The van der Waals surface area contributed by atoms with Gasteiger partial charge < -0.3 is 9.30 Å². The van der Waals surface area contributed by atoms with Crippen LogP contribution in [0.5, 0.6) is 5.75 Å². The van der Waals surface area contributed by atoms with Gasteiger partial charge in [0.1, 0.15) is 12.3 Å². The van der Waals surface area contributed by atoms with E-state index in [1.807, 2.05) is 44.2 Å². The number of benzene rings is 2. The summed E-state index contributed by atoms with van der Waals surface area (Å²) in [6, 6.07) is 16.3. The SMILES string of the molecule is COc1ccc(N(CC(=O)N/N=C/c2cc(C)n(-c3ccc(Br)cc3)c2C)S(C)(=O)=O)cc1. The van der Waals surface area contributed by atoms with Gasteiger partial charge in [0.15, 0.2) is 0 Å². The van der Waals surface area contributed by atoms with Crippen LogP contribution < -0.4 is 14.5 Å². The van der Waals surface area contributed by atoms with E-state index in [0.717, 1.165) is 37.7 Å². The Hall–Kier alpha value is -3.11. The number of hydrazone groups is 1. The van der Waals surface area contributed by atoms with Gasteiger partial charge in [0.2, 0.25) is 10.0 Å². The Bertz CT molecular complexity index is 1270. The van der Waals surface area contributed by atoms with Gasteiger partial charge in [-0.1, -0.05) is 15.9 Å². The third-order valence-electron chi connectivity index (χ3n) is 5.00. The van der Waals surface area contributed by atoms with Crippen molar-refractivity contribution in [2.45, 2.75) is 13.8 Å². The number of methoxy groups -OCH3 is 1. The van der Waals surface area contributed by atoms with Gasteiger partial charge in [0.05, 0.1) is 25.3 Å². The van der Waals surface area contributed by atoms with Crippen LogP contribution in [0, 0.1) is 13.8 Å². The maximum Gasteiger partial charge on any atom is 0.260 e. The second-order valence-corrected chi connectivity index (χ2v) is 10.2. The molecule has 3 aromatic rings. The summed E-state index contributed by atoms with van der Waals surface area (Å²) >= 11 is 3.44. The number of anilines is 1. The summed E-state index contributed by atoms with van der Waals surface area (Å²) in [5.74, 6) is 0.0243. The molecule has 0 aliphatic rings. The predicted octanol–water partition coefficient (Wildman–Crippen LogP) is 3.78. The first-order chi connectivity index (χ1) is 15.6. The average Bonchev–Trinajstić information content (AvgIpc) is 3.05. The third-order valence-corrected chi connectivity index (χ3v) is 6.67. The lowest BCUT2D eigenvalue weighted by Crippen LogP contribution is -2.39. The van der Waals surface area contributed by atoms with Crippen molar-refractivity contribution in [2.24, 2.45) is 5.10 Å². The summed E-state index contributed by atoms with van der Waals surface area (Å²) in [5.41, 5.74) is 6.60. The molecule has 0 atom stereocenters. The van der Waals surface area contributed by atoms with Crippen LogP contribution >= 0.6 is 15.9 Å². The van der Waals surface area contributed by atoms with Crippen LogP contribution in [0.15, 0.2) is 64.2 Å². The van der Waals surface area contributed by atoms with Crippen LogP contribution in [-0.4, -0.2) is 45.0 Å². The first-order valence-electron chi connectivity index (χ1n) is 9.98. The van der Waals surface area contributed by atoms with Gasteiger partial charge >= 0.3 is 0 Å². The van der Waals surface area contributed by atoms with Gasteiger partial charge in [-0.05, 0) is 68.4 Å². The summed E-state index contributed by atoms with van der Waals surface area (Å²) in [7, 11) is -2.16. The molecule has 0 spiro atoms. The number of nitrogens with one attached hydrogen (secondary N) is 1. The molecule has 10 heteroatoms. The molecule has 2 aromatic carbocycles. The predicted molar refractivity (Wildman–Crippen MR) is 134 cm³/mol. The number of nitrogens with zero attached hydrogens (tertiary/aromatic N) is 3. The molecule has 0 fully saturated rings. The fourth-order valence-corrected chi connectivity index (χ4v) is 4.51. The van der Waals surface area contributed by atoms with E-state index in [0.29, 0.717) is 11.4 Å². The summed E-state index contributed by atoms with van der Waals surface area (Å²) in [6.45, 7) is 3.55. The zero-order valence-corrected chi connectivity index (χ0v) is 21.1. The highest BCUT2D eigenvalue weighted by Gasteiger charge is 2.20. The number of carbonyl (C=O) groups excluding carboxylic acids is 1. The van der Waals surface area contributed by atoms with Crippen LogP contribution in [-0.2, 0) is 14.8 Å². The Balaban J connectivity index is 1.72. The molecule has 0 unspecified atom stereocenters. The molecule has 1 heterocycles. The van der Waals surface area contributed by atoms with Gasteiger partial charge in [0.25, 0.3) is 5.91 Å². The maximum absolute atomic E-state index is 12.4. The largest absolute Gasteiger partial charge is 0.497 e. The normalized spacial score (nSPS) is 11.5. The minimum Gasteiger partial charge on any atom is -0.497 e. The standard InChI is InChI=1S/C23H25BrN4O4S/c1-16-13-18(17(2)28(16)21-7-5-19(24)6-8-21)14-25-26-23(29)15-27(33(4,30)31)20-9-11-22(32-3)12-10-20/h5-14H,15H2,1-4H3,(H,26,29)/b25-14+. The highest BCUT2D eigenvalue weighted by atomic mass is 79.9. The fourth-order valence-electron chi connectivity index (χ4n) is 3.39. The second-order valence-electron chi connectivity index (χ2n) is 7.40. The molecule has 1 aromatic heterocycles. The van der Waals surface area contributed by atoms with Crippen molar-refractivity contribution in [3.8, 4) is 11.4 Å². The van der Waals surface area contributed by atoms with E-state index in [4.69, 9.17) is 4.74 Å². The zero-order chi connectivity index (χ0) is 24.2. The summed E-state index contributed by atoms with van der Waals surface area (Å²) in [4.78, 5) is 12.4. The molecule has 0 saturated heterocycles. The highest BCUT2D eigenvalue weighted by molar-refractivity contribution is 9.10. The van der Waals surface area contributed by atoms with E-state index in [-0.39, 0.29) is 0 Å². The molecule has 0 bridgehead atoms. The van der Waals surface area contributed by atoms with Crippen molar-refractivity contribution >= 4 is 43.8 Å². The monoisotopic (exact) mass is 532 g/mol. The van der Waals surface area contributed by atoms with Gasteiger partial charge in [-0.2, -0.15) is 5.10 Å². The molecular weight excluding hydrogens is 508 g/mol. The minimum absolute atomic E-state index is 0.357. The lowest BCUT2D eigenvalue weighted by Gasteiger charge is -2.21. The average molecular weight is 533 g/mol. The lowest BCUT2D eigenvalue weighted by atomic mass is 10.2. The van der Waals surface area contributed by atoms with Crippen molar-refractivity contribution in [3.05, 3.63) is 76.0 Å². The quantitative estimate of drug-likeness (QED) is 0.353. The van der Waals surface area contributed by atoms with E-state index in [2.05, 4.69) is 31.0 Å². The lowest BCUT2D eigenvalue weighted by molar-refractivity contribution is -0.119. The number of hydrogen-bond donors (Lipinski definition) is 1. The first kappa shape index (κ1) is 24.5. The Morgan fingerprint density at radius 1 is 1.15 bits per heavy atom. The Morgan fingerprint density at radius 3 is 2.36 bits per heavy atom. The van der Waals surface area contributed by atoms with Gasteiger partial charge in [-0.25, -0.2) is 13.8 Å². The van der Waals surface area contributed by atoms with Crippen LogP contribution in [0.25, 0.3) is 5.69 Å². The molecule has 174 valence electrons. The van der Waals surface area contributed by atoms with Crippen molar-refractivity contribution in [2.75, 3.05) is 24.2 Å². The Kier molecular flexibility index (Phi) is 7.60. The Morgan fingerprint density at radius 2 is 1.79 bits per heavy atom. The van der Waals surface area contributed by atoms with Crippen molar-refractivity contribution < 1.29 is 17.9 Å². The molecule has 0 saturated carbocycles. The maximum atomic E-state index is 12.4. The number of rotatable bonds is 8. The van der Waals surface area contributed by atoms with Gasteiger partial charge in [-0.15, -0.1) is 0 Å². The van der Waals surface area contributed by atoms with Gasteiger partial charge in [-0.3, -0.25) is 9.10 Å². The molecule has 3 rings (SSSR count). The van der Waals surface area contributed by atoms with E-state index in [9.17, 15) is 13.2 Å². The number of sulfonamides is 1. The molecule has 0 aliphatic heterocycles. The van der Waals surface area contributed by atoms with E-state index < -0.39 is 22.5 Å². The summed E-state index contributed by atoms with van der Waals surface area (Å²) in [5, 5.41) is 4.03. The molecule has 1 N–H and O–H groups in total. The third kappa shape index (κ3) is 6.02. The van der Waals surface area contributed by atoms with Crippen LogP contribution in [0.4, 0.5) is 5.69 Å². The molecular formula is C23H25BrN4O4S. The molecule has 8 nitrogen and oxygen atoms in total. The van der Waals surface area contributed by atoms with Crippen LogP contribution in [0.3, 0.4) is 0 Å².